The number of nitrogen functional groups attached to an aromatic ring is 1. The van der Waals surface area contributed by atoms with Gasteiger partial charge in [-0.1, -0.05) is 0 Å². The number of carbonyl (C=O) groups is 1. The molecule has 0 saturated carbocycles. The molecule has 17 heavy (non-hydrogen) atoms. The summed E-state index contributed by atoms with van der Waals surface area (Å²) in [6, 6.07) is 3.36. The standard InChI is InChI=1S/C10H10N4O3/c1-2-16-10(15)7-8(11)12-9(14-13-7)6-4-3-5-17-6/h3-5H,2H2,1H3,(H2,11,12,14). The second-order valence-corrected chi connectivity index (χ2v) is 3.07. The van der Waals surface area contributed by atoms with Gasteiger partial charge in [0.1, 0.15) is 0 Å². The third kappa shape index (κ3) is 2.22. The quantitative estimate of drug-likeness (QED) is 0.786. The van der Waals surface area contributed by atoms with Gasteiger partial charge in [0, 0.05) is 0 Å². The van der Waals surface area contributed by atoms with Gasteiger partial charge in [-0.15, -0.1) is 10.2 Å². The van der Waals surface area contributed by atoms with Crippen molar-refractivity contribution in [1.82, 2.24) is 15.2 Å². The second kappa shape index (κ2) is 4.60. The highest BCUT2D eigenvalue weighted by atomic mass is 16.5. The van der Waals surface area contributed by atoms with E-state index in [1.54, 1.807) is 19.1 Å². The van der Waals surface area contributed by atoms with E-state index in [0.717, 1.165) is 0 Å². The third-order valence-electron chi connectivity index (χ3n) is 1.92. The first-order valence-electron chi connectivity index (χ1n) is 4.93. The Bertz CT molecular complexity index is 524. The highest BCUT2D eigenvalue weighted by Crippen LogP contribution is 2.16. The van der Waals surface area contributed by atoms with E-state index in [0.29, 0.717) is 5.76 Å². The SMILES string of the molecule is CCOC(=O)c1nnc(-c2ccco2)nc1N. The molecule has 2 heterocycles. The molecule has 0 aliphatic heterocycles. The molecule has 2 rings (SSSR count). The van der Waals surface area contributed by atoms with Crippen LogP contribution in [-0.4, -0.2) is 27.8 Å². The lowest BCUT2D eigenvalue weighted by Gasteiger charge is -2.03. The first kappa shape index (κ1) is 11.1. The molecule has 0 unspecified atom stereocenters. The van der Waals surface area contributed by atoms with Crippen molar-refractivity contribution < 1.29 is 13.9 Å². The Hall–Kier alpha value is -2.44. The van der Waals surface area contributed by atoms with Crippen LogP contribution >= 0.6 is 0 Å². The van der Waals surface area contributed by atoms with Gasteiger partial charge in [-0.2, -0.15) is 0 Å². The van der Waals surface area contributed by atoms with Crippen LogP contribution in [-0.2, 0) is 4.74 Å². The Morgan fingerprint density at radius 1 is 1.53 bits per heavy atom. The molecule has 2 aromatic heterocycles. The average molecular weight is 234 g/mol. The molecule has 88 valence electrons. The third-order valence-corrected chi connectivity index (χ3v) is 1.92. The molecule has 0 amide bonds. The van der Waals surface area contributed by atoms with E-state index in [4.69, 9.17) is 14.9 Å². The zero-order valence-corrected chi connectivity index (χ0v) is 9.08. The maximum atomic E-state index is 11.4. The summed E-state index contributed by atoms with van der Waals surface area (Å²) < 4.78 is 9.84. The minimum atomic E-state index is -0.643. The Kier molecular flexibility index (Phi) is 2.99. The summed E-state index contributed by atoms with van der Waals surface area (Å²) >= 11 is 0. The van der Waals surface area contributed by atoms with E-state index in [1.165, 1.54) is 6.26 Å². The highest BCUT2D eigenvalue weighted by Gasteiger charge is 2.17. The maximum Gasteiger partial charge on any atom is 0.362 e. The highest BCUT2D eigenvalue weighted by molar-refractivity contribution is 5.91. The van der Waals surface area contributed by atoms with Crippen LogP contribution in [0, 0.1) is 0 Å². The summed E-state index contributed by atoms with van der Waals surface area (Å²) in [6.45, 7) is 1.92. The van der Waals surface area contributed by atoms with Crippen LogP contribution in [0.1, 0.15) is 17.4 Å². The van der Waals surface area contributed by atoms with Gasteiger partial charge in [-0.05, 0) is 19.1 Å². The summed E-state index contributed by atoms with van der Waals surface area (Å²) in [6.07, 6.45) is 1.48. The molecule has 0 bridgehead atoms. The zero-order chi connectivity index (χ0) is 12.3. The first-order valence-corrected chi connectivity index (χ1v) is 4.93. The molecule has 0 spiro atoms. The minimum absolute atomic E-state index is 0.0372. The number of anilines is 1. The molecule has 0 fully saturated rings. The first-order chi connectivity index (χ1) is 8.22. The molecular formula is C10H10N4O3. The molecule has 0 radical (unpaired) electrons. The van der Waals surface area contributed by atoms with Crippen molar-refractivity contribution in [3.05, 3.63) is 24.1 Å². The molecule has 2 aromatic rings. The van der Waals surface area contributed by atoms with Gasteiger partial charge in [0.25, 0.3) is 0 Å². The maximum absolute atomic E-state index is 11.4. The number of hydrogen-bond acceptors (Lipinski definition) is 7. The predicted molar refractivity (Wildman–Crippen MR) is 57.9 cm³/mol. The van der Waals surface area contributed by atoms with Crippen LogP contribution in [0.25, 0.3) is 11.6 Å². The lowest BCUT2D eigenvalue weighted by molar-refractivity contribution is 0.0519. The topological polar surface area (TPSA) is 104 Å². The van der Waals surface area contributed by atoms with Crippen molar-refractivity contribution in [3.63, 3.8) is 0 Å². The monoisotopic (exact) mass is 234 g/mol. The van der Waals surface area contributed by atoms with E-state index in [1.807, 2.05) is 0 Å². The number of nitrogens with two attached hydrogens (primary N) is 1. The molecule has 0 aliphatic rings. The Labute approximate surface area is 96.6 Å². The van der Waals surface area contributed by atoms with Gasteiger partial charge in [-0.25, -0.2) is 9.78 Å². The van der Waals surface area contributed by atoms with E-state index < -0.39 is 5.97 Å². The number of esters is 1. The van der Waals surface area contributed by atoms with E-state index in [-0.39, 0.29) is 23.9 Å². The van der Waals surface area contributed by atoms with Crippen molar-refractivity contribution >= 4 is 11.8 Å². The number of nitrogens with zero attached hydrogens (tertiary/aromatic N) is 3. The van der Waals surface area contributed by atoms with Gasteiger partial charge < -0.3 is 14.9 Å². The lowest BCUT2D eigenvalue weighted by atomic mass is 10.4. The number of rotatable bonds is 3. The van der Waals surface area contributed by atoms with Crippen LogP contribution in [0.4, 0.5) is 5.82 Å². The van der Waals surface area contributed by atoms with E-state index in [2.05, 4.69) is 15.2 Å². The van der Waals surface area contributed by atoms with Gasteiger partial charge in [0.15, 0.2) is 11.6 Å². The van der Waals surface area contributed by atoms with E-state index in [9.17, 15) is 4.79 Å². The fraction of sp³-hybridized carbons (Fsp3) is 0.200. The second-order valence-electron chi connectivity index (χ2n) is 3.07. The van der Waals surface area contributed by atoms with Gasteiger partial charge in [0.05, 0.1) is 12.9 Å². The minimum Gasteiger partial charge on any atom is -0.461 e. The van der Waals surface area contributed by atoms with Gasteiger partial charge >= 0.3 is 5.97 Å². The van der Waals surface area contributed by atoms with Crippen LogP contribution < -0.4 is 5.73 Å². The summed E-state index contributed by atoms with van der Waals surface area (Å²) in [5, 5.41) is 7.43. The molecule has 0 atom stereocenters. The molecular weight excluding hydrogens is 224 g/mol. The van der Waals surface area contributed by atoms with Gasteiger partial charge in [-0.3, -0.25) is 0 Å². The molecule has 7 nitrogen and oxygen atoms in total. The van der Waals surface area contributed by atoms with Crippen molar-refractivity contribution in [2.45, 2.75) is 6.92 Å². The molecule has 0 aromatic carbocycles. The van der Waals surface area contributed by atoms with Crippen molar-refractivity contribution in [1.29, 1.82) is 0 Å². The Balaban J connectivity index is 2.32. The largest absolute Gasteiger partial charge is 0.461 e. The summed E-state index contributed by atoms with van der Waals surface area (Å²) in [5.74, 6) is -0.0268. The average Bonchev–Trinajstić information content (AvgIpc) is 2.82. The lowest BCUT2D eigenvalue weighted by Crippen LogP contribution is -2.13. The number of carbonyl (C=O) groups excluding carboxylic acids is 1. The molecule has 0 aliphatic carbocycles. The smallest absolute Gasteiger partial charge is 0.362 e. The summed E-state index contributed by atoms with van der Waals surface area (Å²) in [5.41, 5.74) is 5.51. The Morgan fingerprint density at radius 2 is 2.35 bits per heavy atom. The number of hydrogen-bond donors (Lipinski definition) is 1. The number of furan rings is 1. The molecule has 0 saturated heterocycles. The van der Waals surface area contributed by atoms with Crippen molar-refractivity contribution in [2.75, 3.05) is 12.3 Å². The number of aromatic nitrogens is 3. The summed E-state index contributed by atoms with van der Waals surface area (Å²) in [4.78, 5) is 15.3. The van der Waals surface area contributed by atoms with Crippen molar-refractivity contribution in [2.24, 2.45) is 0 Å². The fourth-order valence-corrected chi connectivity index (χ4v) is 1.19. The van der Waals surface area contributed by atoms with Crippen LogP contribution in [0.5, 0.6) is 0 Å². The van der Waals surface area contributed by atoms with Crippen LogP contribution in [0.15, 0.2) is 22.8 Å². The fourth-order valence-electron chi connectivity index (χ4n) is 1.19. The predicted octanol–water partition coefficient (Wildman–Crippen LogP) is 0.890. The van der Waals surface area contributed by atoms with Crippen molar-refractivity contribution in [3.8, 4) is 11.6 Å². The Morgan fingerprint density at radius 3 is 2.94 bits per heavy atom. The van der Waals surface area contributed by atoms with Gasteiger partial charge in [0.2, 0.25) is 11.5 Å². The van der Waals surface area contributed by atoms with Crippen LogP contribution in [0.3, 0.4) is 0 Å². The number of ether oxygens (including phenoxy) is 1. The zero-order valence-electron chi connectivity index (χ0n) is 9.08. The normalized spacial score (nSPS) is 10.2. The van der Waals surface area contributed by atoms with Crippen LogP contribution in [0.2, 0.25) is 0 Å². The molecule has 2 N–H and O–H groups in total. The molecule has 7 heteroatoms. The van der Waals surface area contributed by atoms with E-state index >= 15 is 0 Å². The summed E-state index contributed by atoms with van der Waals surface area (Å²) in [7, 11) is 0.